The van der Waals surface area contributed by atoms with Gasteiger partial charge in [-0.3, -0.25) is 0 Å². The predicted octanol–water partition coefficient (Wildman–Crippen LogP) is 2.97. The van der Waals surface area contributed by atoms with Crippen LogP contribution < -0.4 is 0 Å². The van der Waals surface area contributed by atoms with Gasteiger partial charge in [0.15, 0.2) is 0 Å². The minimum atomic E-state index is -0.489. The average Bonchev–Trinajstić information content (AvgIpc) is 3.14. The summed E-state index contributed by atoms with van der Waals surface area (Å²) in [5.41, 5.74) is 2.75. The van der Waals surface area contributed by atoms with E-state index in [9.17, 15) is 9.18 Å². The van der Waals surface area contributed by atoms with Gasteiger partial charge in [0.05, 0.1) is 17.1 Å². The van der Waals surface area contributed by atoms with Gasteiger partial charge in [-0.05, 0) is 38.1 Å². The molecule has 0 aliphatic rings. The molecule has 2 heterocycles. The number of aromatic nitrogens is 3. The number of carbonyl (C=O) groups is 1. The summed E-state index contributed by atoms with van der Waals surface area (Å²) < 4.78 is 24.5. The Morgan fingerprint density at radius 2 is 2.00 bits per heavy atom. The van der Waals surface area contributed by atoms with Gasteiger partial charge in [-0.2, -0.15) is 5.10 Å². The Kier molecular flexibility index (Phi) is 3.92. The van der Waals surface area contributed by atoms with Crippen LogP contribution in [-0.2, 0) is 11.3 Å². The van der Waals surface area contributed by atoms with Crippen molar-refractivity contribution < 1.29 is 18.4 Å². The molecule has 2 aromatic heterocycles. The van der Waals surface area contributed by atoms with Crippen molar-refractivity contribution in [1.82, 2.24) is 14.9 Å². The normalized spacial score (nSPS) is 10.7. The Balaban J connectivity index is 1.85. The monoisotopic (exact) mass is 315 g/mol. The molecule has 3 aromatic rings. The number of halogens is 1. The van der Waals surface area contributed by atoms with Gasteiger partial charge < -0.3 is 9.26 Å². The van der Waals surface area contributed by atoms with Crippen LogP contribution in [0, 0.1) is 19.7 Å². The lowest BCUT2D eigenvalue weighted by Crippen LogP contribution is -2.08. The lowest BCUT2D eigenvalue weighted by atomic mass is 10.2. The molecule has 0 bridgehead atoms. The van der Waals surface area contributed by atoms with Crippen molar-refractivity contribution in [2.24, 2.45) is 0 Å². The van der Waals surface area contributed by atoms with E-state index in [0.717, 1.165) is 0 Å². The van der Waals surface area contributed by atoms with E-state index in [2.05, 4.69) is 14.8 Å². The highest BCUT2D eigenvalue weighted by Gasteiger charge is 2.21. The third kappa shape index (κ3) is 2.98. The molecule has 0 unspecified atom stereocenters. The van der Waals surface area contributed by atoms with E-state index in [4.69, 9.17) is 4.74 Å². The summed E-state index contributed by atoms with van der Waals surface area (Å²) in [6, 6.07) is 7.50. The van der Waals surface area contributed by atoms with Crippen LogP contribution in [0.4, 0.5) is 4.39 Å². The van der Waals surface area contributed by atoms with Crippen molar-refractivity contribution in [3.05, 3.63) is 65.1 Å². The van der Waals surface area contributed by atoms with Crippen molar-refractivity contribution in [3.8, 4) is 5.69 Å². The summed E-state index contributed by atoms with van der Waals surface area (Å²) in [6.07, 6.45) is 1.41. The van der Waals surface area contributed by atoms with Crippen LogP contribution in [0.25, 0.3) is 5.69 Å². The van der Waals surface area contributed by atoms with Gasteiger partial charge in [-0.1, -0.05) is 5.16 Å². The van der Waals surface area contributed by atoms with E-state index in [1.807, 2.05) is 0 Å². The van der Waals surface area contributed by atoms with Gasteiger partial charge in [0.25, 0.3) is 0 Å². The molecule has 118 valence electrons. The van der Waals surface area contributed by atoms with Gasteiger partial charge in [0.1, 0.15) is 29.9 Å². The average molecular weight is 315 g/mol. The Bertz CT molecular complexity index is 823. The fourth-order valence-electron chi connectivity index (χ4n) is 2.30. The summed E-state index contributed by atoms with van der Waals surface area (Å²) >= 11 is 0. The molecular weight excluding hydrogens is 301 g/mol. The first kappa shape index (κ1) is 15.0. The maximum Gasteiger partial charge on any atom is 0.342 e. The fraction of sp³-hybridized carbons (Fsp3) is 0.188. The zero-order chi connectivity index (χ0) is 16.4. The number of ether oxygens (including phenoxy) is 1. The molecule has 7 heteroatoms. The Hall–Kier alpha value is -2.96. The van der Waals surface area contributed by atoms with Gasteiger partial charge in [0.2, 0.25) is 0 Å². The summed E-state index contributed by atoms with van der Waals surface area (Å²) in [6.45, 7) is 3.51. The topological polar surface area (TPSA) is 70.2 Å². The minimum Gasteiger partial charge on any atom is -0.455 e. The zero-order valence-corrected chi connectivity index (χ0v) is 12.6. The number of esters is 1. The van der Waals surface area contributed by atoms with Crippen LogP contribution in [0.1, 0.15) is 27.4 Å². The van der Waals surface area contributed by atoms with E-state index >= 15 is 0 Å². The highest BCUT2D eigenvalue weighted by atomic mass is 19.1. The largest absolute Gasteiger partial charge is 0.455 e. The lowest BCUT2D eigenvalue weighted by molar-refractivity contribution is 0.0462. The van der Waals surface area contributed by atoms with Gasteiger partial charge in [0, 0.05) is 6.07 Å². The van der Waals surface area contributed by atoms with Crippen molar-refractivity contribution >= 4 is 5.97 Å². The van der Waals surface area contributed by atoms with Crippen molar-refractivity contribution in [2.75, 3.05) is 0 Å². The van der Waals surface area contributed by atoms with E-state index in [-0.39, 0.29) is 12.4 Å². The van der Waals surface area contributed by atoms with Crippen LogP contribution in [0.5, 0.6) is 0 Å². The lowest BCUT2D eigenvalue weighted by Gasteiger charge is -2.05. The first-order valence-corrected chi connectivity index (χ1v) is 6.95. The van der Waals surface area contributed by atoms with Crippen LogP contribution in [-0.4, -0.2) is 20.9 Å². The van der Waals surface area contributed by atoms with E-state index in [1.54, 1.807) is 36.7 Å². The Labute approximate surface area is 131 Å². The summed E-state index contributed by atoms with van der Waals surface area (Å²) in [5, 5.41) is 8.01. The van der Waals surface area contributed by atoms with Crippen LogP contribution in [0.15, 0.2) is 41.1 Å². The highest BCUT2D eigenvalue weighted by Crippen LogP contribution is 2.19. The zero-order valence-electron chi connectivity index (χ0n) is 12.6. The Morgan fingerprint density at radius 1 is 1.26 bits per heavy atom. The first-order chi connectivity index (χ1) is 11.1. The van der Waals surface area contributed by atoms with E-state index in [1.165, 1.54) is 18.4 Å². The Morgan fingerprint density at radius 3 is 2.65 bits per heavy atom. The van der Waals surface area contributed by atoms with Crippen LogP contribution in [0.2, 0.25) is 0 Å². The molecule has 0 radical (unpaired) electrons. The summed E-state index contributed by atoms with van der Waals surface area (Å²) in [7, 11) is 0. The third-order valence-electron chi connectivity index (χ3n) is 3.41. The predicted molar refractivity (Wildman–Crippen MR) is 78.6 cm³/mol. The standard InChI is InChI=1S/C16H14FN3O3/c1-10-15(16(21)22-9-13-7-8-23-19-13)11(2)20(18-10)14-5-3-12(17)4-6-14/h3-8H,9H2,1-2H3. The number of nitrogens with zero attached hydrogens (tertiary/aromatic N) is 3. The SMILES string of the molecule is Cc1nn(-c2ccc(F)cc2)c(C)c1C(=O)OCc1ccon1. The molecule has 3 rings (SSSR count). The molecule has 0 saturated heterocycles. The van der Waals surface area contributed by atoms with Gasteiger partial charge >= 0.3 is 5.97 Å². The maximum absolute atomic E-state index is 13.0. The summed E-state index contributed by atoms with van der Waals surface area (Å²) in [4.78, 5) is 12.3. The molecular formula is C16H14FN3O3. The molecule has 0 amide bonds. The molecule has 0 atom stereocenters. The van der Waals surface area contributed by atoms with Crippen molar-refractivity contribution in [1.29, 1.82) is 0 Å². The third-order valence-corrected chi connectivity index (χ3v) is 3.41. The molecule has 0 saturated carbocycles. The number of carbonyl (C=O) groups excluding carboxylic acids is 1. The van der Waals surface area contributed by atoms with Crippen molar-refractivity contribution in [3.63, 3.8) is 0 Å². The maximum atomic E-state index is 13.0. The van der Waals surface area contributed by atoms with Crippen molar-refractivity contribution in [2.45, 2.75) is 20.5 Å². The minimum absolute atomic E-state index is 0.0238. The van der Waals surface area contributed by atoms with E-state index < -0.39 is 5.97 Å². The highest BCUT2D eigenvalue weighted by molar-refractivity contribution is 5.92. The number of aryl methyl sites for hydroxylation is 1. The molecule has 6 nitrogen and oxygen atoms in total. The van der Waals surface area contributed by atoms with Crippen LogP contribution in [0.3, 0.4) is 0 Å². The molecule has 0 N–H and O–H groups in total. The second-order valence-electron chi connectivity index (χ2n) is 5.00. The molecule has 0 aliphatic heterocycles. The number of rotatable bonds is 4. The number of hydrogen-bond acceptors (Lipinski definition) is 5. The van der Waals surface area contributed by atoms with Gasteiger partial charge in [-0.25, -0.2) is 13.9 Å². The molecule has 0 fully saturated rings. The fourth-order valence-corrected chi connectivity index (χ4v) is 2.30. The molecule has 1 aromatic carbocycles. The smallest absolute Gasteiger partial charge is 0.342 e. The molecule has 0 aliphatic carbocycles. The molecule has 23 heavy (non-hydrogen) atoms. The summed E-state index contributed by atoms with van der Waals surface area (Å²) in [5.74, 6) is -0.820. The quantitative estimate of drug-likeness (QED) is 0.692. The number of benzene rings is 1. The van der Waals surface area contributed by atoms with Crippen LogP contribution >= 0.6 is 0 Å². The van der Waals surface area contributed by atoms with E-state index in [0.29, 0.717) is 28.3 Å². The first-order valence-electron chi connectivity index (χ1n) is 6.95. The second kappa shape index (κ2) is 6.04. The van der Waals surface area contributed by atoms with Gasteiger partial charge in [-0.15, -0.1) is 0 Å². The number of hydrogen-bond donors (Lipinski definition) is 0. The second-order valence-corrected chi connectivity index (χ2v) is 5.00. The molecule has 0 spiro atoms.